The molecule has 1 amide bonds. The molecule has 0 unspecified atom stereocenters. The van der Waals surface area contributed by atoms with Gasteiger partial charge in [0.25, 0.3) is 5.56 Å². The molecule has 1 saturated heterocycles. The van der Waals surface area contributed by atoms with E-state index in [0.29, 0.717) is 29.6 Å². The number of hydrogen-bond acceptors (Lipinski definition) is 5. The summed E-state index contributed by atoms with van der Waals surface area (Å²) in [6.07, 6.45) is 1.68. The molecule has 1 N–H and O–H groups in total. The molecule has 30 heavy (non-hydrogen) atoms. The lowest BCUT2D eigenvalue weighted by Crippen LogP contribution is -2.43. The summed E-state index contributed by atoms with van der Waals surface area (Å²) in [6.45, 7) is 3.58. The van der Waals surface area contributed by atoms with Gasteiger partial charge in [0.15, 0.2) is 0 Å². The maximum absolute atomic E-state index is 12.7. The quantitative estimate of drug-likeness (QED) is 0.677. The summed E-state index contributed by atoms with van der Waals surface area (Å²) in [5.74, 6) is 2.07. The zero-order chi connectivity index (χ0) is 21.1. The molecule has 156 valence electrons. The molecular weight excluding hydrogens is 404 g/mol. The van der Waals surface area contributed by atoms with E-state index in [-0.39, 0.29) is 17.4 Å². The van der Waals surface area contributed by atoms with Gasteiger partial charge in [-0.1, -0.05) is 17.7 Å². The number of nitrogens with one attached hydrogen (secondary N) is 1. The van der Waals surface area contributed by atoms with Crippen molar-refractivity contribution in [3.05, 3.63) is 75.4 Å². The Kier molecular flexibility index (Phi) is 5.90. The number of piperidine rings is 1. The largest absolute Gasteiger partial charge is 0.465 e. The number of benzene rings is 1. The molecule has 4 rings (SSSR count). The summed E-state index contributed by atoms with van der Waals surface area (Å²) >= 11 is 6.06. The fourth-order valence-corrected chi connectivity index (χ4v) is 3.85. The van der Waals surface area contributed by atoms with Gasteiger partial charge in [0.1, 0.15) is 17.3 Å². The van der Waals surface area contributed by atoms with E-state index >= 15 is 0 Å². The molecule has 0 aliphatic carbocycles. The molecular formula is C22H23ClN4O3. The molecule has 0 spiro atoms. The molecule has 1 aromatic carbocycles. The van der Waals surface area contributed by atoms with Crippen molar-refractivity contribution in [2.45, 2.75) is 26.3 Å². The van der Waals surface area contributed by atoms with Gasteiger partial charge >= 0.3 is 0 Å². The van der Waals surface area contributed by atoms with Crippen LogP contribution in [0.1, 0.15) is 24.4 Å². The molecule has 7 nitrogen and oxygen atoms in total. The predicted molar refractivity (Wildman–Crippen MR) is 115 cm³/mol. The highest BCUT2D eigenvalue weighted by atomic mass is 35.5. The molecule has 3 heterocycles. The van der Waals surface area contributed by atoms with Gasteiger partial charge in [-0.15, -0.1) is 5.10 Å². The van der Waals surface area contributed by atoms with E-state index in [1.165, 1.54) is 10.7 Å². The fraction of sp³-hybridized carbons (Fsp3) is 0.318. The number of hydrogen-bond donors (Lipinski definition) is 1. The lowest BCUT2D eigenvalue weighted by atomic mass is 9.97. The standard InChI is InChI=1S/C22H23ClN4O3/c1-15-7-8-19(30-15)13-24-22(29)16-4-3-11-26(14-16)20-9-10-21(28)27(25-20)18-6-2-5-17(23)12-18/h2,5-10,12,16H,3-4,11,13-14H2,1H3,(H,24,29)/t16-/m1/s1. The van der Waals surface area contributed by atoms with Crippen LogP contribution in [0, 0.1) is 12.8 Å². The zero-order valence-corrected chi connectivity index (χ0v) is 17.4. The predicted octanol–water partition coefficient (Wildman–Crippen LogP) is 3.32. The van der Waals surface area contributed by atoms with E-state index in [0.717, 1.165) is 30.9 Å². The van der Waals surface area contributed by atoms with E-state index in [1.54, 1.807) is 30.3 Å². The van der Waals surface area contributed by atoms with Gasteiger partial charge in [0, 0.05) is 24.2 Å². The van der Waals surface area contributed by atoms with Crippen LogP contribution < -0.4 is 15.8 Å². The number of rotatable bonds is 5. The van der Waals surface area contributed by atoms with Crippen LogP contribution >= 0.6 is 11.6 Å². The average Bonchev–Trinajstić information content (AvgIpc) is 3.17. The lowest BCUT2D eigenvalue weighted by Gasteiger charge is -2.32. The Hall–Kier alpha value is -3.06. The number of aryl methyl sites for hydroxylation is 1. The second-order valence-electron chi connectivity index (χ2n) is 7.44. The van der Waals surface area contributed by atoms with Gasteiger partial charge in [-0.2, -0.15) is 4.68 Å². The molecule has 1 atom stereocenters. The third-order valence-electron chi connectivity index (χ3n) is 5.19. The highest BCUT2D eigenvalue weighted by Crippen LogP contribution is 2.22. The average molecular weight is 427 g/mol. The Bertz CT molecular complexity index is 1110. The van der Waals surface area contributed by atoms with Crippen LogP contribution in [-0.2, 0) is 11.3 Å². The first-order chi connectivity index (χ1) is 14.5. The van der Waals surface area contributed by atoms with E-state index in [2.05, 4.69) is 10.4 Å². The monoisotopic (exact) mass is 426 g/mol. The highest BCUT2D eigenvalue weighted by molar-refractivity contribution is 6.30. The number of anilines is 1. The van der Waals surface area contributed by atoms with Crippen LogP contribution in [0.4, 0.5) is 5.82 Å². The molecule has 2 aromatic heterocycles. The normalized spacial score (nSPS) is 16.5. The maximum atomic E-state index is 12.7. The molecule has 3 aromatic rings. The third-order valence-corrected chi connectivity index (χ3v) is 5.42. The summed E-state index contributed by atoms with van der Waals surface area (Å²) < 4.78 is 6.85. The minimum Gasteiger partial charge on any atom is -0.465 e. The van der Waals surface area contributed by atoms with Crippen LogP contribution in [0.5, 0.6) is 0 Å². The summed E-state index contributed by atoms with van der Waals surface area (Å²) in [6, 6.07) is 13.9. The number of amides is 1. The number of halogens is 1. The third kappa shape index (κ3) is 4.57. The van der Waals surface area contributed by atoms with Crippen molar-refractivity contribution in [1.82, 2.24) is 15.1 Å². The minimum atomic E-state index is -0.235. The van der Waals surface area contributed by atoms with Crippen molar-refractivity contribution in [3.63, 3.8) is 0 Å². The number of furan rings is 1. The van der Waals surface area contributed by atoms with Crippen molar-refractivity contribution < 1.29 is 9.21 Å². The first-order valence-corrected chi connectivity index (χ1v) is 10.3. The summed E-state index contributed by atoms with van der Waals surface area (Å²) in [5.41, 5.74) is 0.371. The molecule has 0 bridgehead atoms. The topological polar surface area (TPSA) is 80.4 Å². The molecule has 0 radical (unpaired) electrons. The van der Waals surface area contributed by atoms with E-state index in [4.69, 9.17) is 16.0 Å². The Morgan fingerprint density at radius 2 is 2.13 bits per heavy atom. The second-order valence-corrected chi connectivity index (χ2v) is 7.87. The highest BCUT2D eigenvalue weighted by Gasteiger charge is 2.27. The smallest absolute Gasteiger partial charge is 0.271 e. The van der Waals surface area contributed by atoms with Gasteiger partial charge in [-0.25, -0.2) is 0 Å². The molecule has 8 heteroatoms. The molecule has 1 fully saturated rings. The molecule has 0 saturated carbocycles. The number of carbonyl (C=O) groups is 1. The Labute approximate surface area is 179 Å². The van der Waals surface area contributed by atoms with Crippen LogP contribution in [0.2, 0.25) is 5.02 Å². The van der Waals surface area contributed by atoms with Crippen LogP contribution in [-0.4, -0.2) is 28.8 Å². The summed E-state index contributed by atoms with van der Waals surface area (Å²) in [4.78, 5) is 27.0. The van der Waals surface area contributed by atoms with Crippen molar-refractivity contribution in [2.24, 2.45) is 5.92 Å². The van der Waals surface area contributed by atoms with Crippen molar-refractivity contribution in [3.8, 4) is 5.69 Å². The summed E-state index contributed by atoms with van der Waals surface area (Å²) in [7, 11) is 0. The van der Waals surface area contributed by atoms with Crippen LogP contribution in [0.25, 0.3) is 5.69 Å². The second kappa shape index (κ2) is 8.75. The Morgan fingerprint density at radius 1 is 1.27 bits per heavy atom. The van der Waals surface area contributed by atoms with Gasteiger partial charge in [0.2, 0.25) is 5.91 Å². The zero-order valence-electron chi connectivity index (χ0n) is 16.7. The first kappa shape index (κ1) is 20.2. The fourth-order valence-electron chi connectivity index (χ4n) is 3.66. The molecule has 1 aliphatic heterocycles. The van der Waals surface area contributed by atoms with E-state index in [9.17, 15) is 9.59 Å². The van der Waals surface area contributed by atoms with Crippen LogP contribution in [0.3, 0.4) is 0 Å². The number of nitrogens with zero attached hydrogens (tertiary/aromatic N) is 3. The summed E-state index contributed by atoms with van der Waals surface area (Å²) in [5, 5.41) is 8.01. The Balaban J connectivity index is 1.47. The minimum absolute atomic E-state index is 0.00286. The van der Waals surface area contributed by atoms with Gasteiger partial charge in [-0.05, 0) is 56.2 Å². The maximum Gasteiger partial charge on any atom is 0.271 e. The van der Waals surface area contributed by atoms with Crippen molar-refractivity contribution in [2.75, 3.05) is 18.0 Å². The van der Waals surface area contributed by atoms with Gasteiger partial charge in [-0.3, -0.25) is 9.59 Å². The Morgan fingerprint density at radius 3 is 2.90 bits per heavy atom. The molecule has 1 aliphatic rings. The van der Waals surface area contributed by atoms with E-state index < -0.39 is 0 Å². The van der Waals surface area contributed by atoms with E-state index in [1.807, 2.05) is 24.0 Å². The van der Waals surface area contributed by atoms with Crippen molar-refractivity contribution in [1.29, 1.82) is 0 Å². The SMILES string of the molecule is Cc1ccc(CNC(=O)[C@@H]2CCCN(c3ccc(=O)n(-c4cccc(Cl)c4)n3)C2)o1. The lowest BCUT2D eigenvalue weighted by molar-refractivity contribution is -0.125. The van der Waals surface area contributed by atoms with Crippen LogP contribution in [0.15, 0.2) is 57.7 Å². The van der Waals surface area contributed by atoms with Gasteiger partial charge in [0.05, 0.1) is 18.2 Å². The van der Waals surface area contributed by atoms with Gasteiger partial charge < -0.3 is 14.6 Å². The first-order valence-electron chi connectivity index (χ1n) is 9.94. The number of carbonyl (C=O) groups excluding carboxylic acids is 1. The van der Waals surface area contributed by atoms with Crippen molar-refractivity contribution >= 4 is 23.3 Å². The number of aromatic nitrogens is 2.